The molecule has 102 valence electrons. The summed E-state index contributed by atoms with van der Waals surface area (Å²) in [5.41, 5.74) is 1.19. The van der Waals surface area contributed by atoms with E-state index in [1.54, 1.807) is 6.33 Å². The molecule has 1 N–H and O–H groups in total. The Balaban J connectivity index is 1.74. The Bertz CT molecular complexity index is 513. The molecule has 0 saturated heterocycles. The molecule has 0 saturated carbocycles. The number of ether oxygens (including phenoxy) is 1. The highest BCUT2D eigenvalue weighted by atomic mass is 32.2. The lowest BCUT2D eigenvalue weighted by molar-refractivity contribution is 0.126. The lowest BCUT2D eigenvalue weighted by Crippen LogP contribution is -2.20. The molecule has 0 aliphatic rings. The van der Waals surface area contributed by atoms with E-state index in [1.807, 2.05) is 42.8 Å². The summed E-state index contributed by atoms with van der Waals surface area (Å²) in [6.07, 6.45) is 1.10. The van der Waals surface area contributed by atoms with Gasteiger partial charge in [-0.25, -0.2) is 0 Å². The molecule has 0 aliphatic carbocycles. The second kappa shape index (κ2) is 6.58. The van der Waals surface area contributed by atoms with Crippen LogP contribution in [0.5, 0.6) is 5.75 Å². The van der Waals surface area contributed by atoms with Crippen molar-refractivity contribution in [2.45, 2.75) is 18.2 Å². The van der Waals surface area contributed by atoms with Crippen LogP contribution in [0.15, 0.2) is 35.7 Å². The van der Waals surface area contributed by atoms with Crippen LogP contribution in [0, 0.1) is 6.92 Å². The topological polar surface area (TPSA) is 60.2 Å². The zero-order valence-electron chi connectivity index (χ0n) is 11.0. The van der Waals surface area contributed by atoms with Crippen molar-refractivity contribution in [1.29, 1.82) is 0 Å². The first kappa shape index (κ1) is 13.9. The van der Waals surface area contributed by atoms with Gasteiger partial charge >= 0.3 is 0 Å². The van der Waals surface area contributed by atoms with Gasteiger partial charge in [0, 0.05) is 12.8 Å². The minimum Gasteiger partial charge on any atom is -0.491 e. The first-order valence-corrected chi connectivity index (χ1v) is 6.98. The molecule has 2 rings (SSSR count). The van der Waals surface area contributed by atoms with Crippen LogP contribution in [-0.4, -0.2) is 38.3 Å². The third kappa shape index (κ3) is 4.25. The molecule has 1 atom stereocenters. The molecule has 1 unspecified atom stereocenters. The Hall–Kier alpha value is -1.53. The summed E-state index contributed by atoms with van der Waals surface area (Å²) in [5.74, 6) is 1.30. The van der Waals surface area contributed by atoms with Crippen LogP contribution >= 0.6 is 11.8 Å². The van der Waals surface area contributed by atoms with E-state index in [2.05, 4.69) is 10.2 Å². The molecule has 0 bridgehead atoms. The number of aryl methyl sites for hydroxylation is 2. The molecule has 0 aliphatic heterocycles. The van der Waals surface area contributed by atoms with Crippen LogP contribution in [0.2, 0.25) is 0 Å². The highest BCUT2D eigenvalue weighted by molar-refractivity contribution is 7.99. The maximum absolute atomic E-state index is 9.85. The van der Waals surface area contributed by atoms with Gasteiger partial charge in [-0.1, -0.05) is 29.5 Å². The number of hydrogen-bond acceptors (Lipinski definition) is 5. The molecular formula is C13H17N3O2S. The fourth-order valence-corrected chi connectivity index (χ4v) is 2.24. The van der Waals surface area contributed by atoms with Crippen LogP contribution < -0.4 is 4.74 Å². The minimum absolute atomic E-state index is 0.272. The van der Waals surface area contributed by atoms with E-state index >= 15 is 0 Å². The number of aromatic nitrogens is 3. The molecule has 0 fully saturated rings. The molecule has 0 spiro atoms. The second-order valence-corrected chi connectivity index (χ2v) is 5.30. The number of thioether (sulfide) groups is 1. The molecule has 0 amide bonds. The van der Waals surface area contributed by atoms with Crippen molar-refractivity contribution in [3.8, 4) is 5.75 Å². The van der Waals surface area contributed by atoms with Gasteiger partial charge in [-0.15, -0.1) is 10.2 Å². The summed E-state index contributed by atoms with van der Waals surface area (Å²) in [4.78, 5) is 0. The number of rotatable bonds is 6. The summed E-state index contributed by atoms with van der Waals surface area (Å²) in [7, 11) is 1.87. The molecular weight excluding hydrogens is 262 g/mol. The third-order valence-electron chi connectivity index (χ3n) is 2.54. The zero-order valence-corrected chi connectivity index (χ0v) is 11.8. The van der Waals surface area contributed by atoms with Crippen LogP contribution in [0.1, 0.15) is 5.56 Å². The van der Waals surface area contributed by atoms with Gasteiger partial charge < -0.3 is 14.4 Å². The number of aliphatic hydroxyl groups is 1. The summed E-state index contributed by atoms with van der Waals surface area (Å²) >= 11 is 1.46. The normalized spacial score (nSPS) is 12.4. The van der Waals surface area contributed by atoms with E-state index in [0.29, 0.717) is 5.75 Å². The van der Waals surface area contributed by atoms with Crippen LogP contribution in [-0.2, 0) is 7.05 Å². The summed E-state index contributed by atoms with van der Waals surface area (Å²) < 4.78 is 7.33. The number of aliphatic hydroxyl groups excluding tert-OH is 1. The van der Waals surface area contributed by atoms with Gasteiger partial charge in [0.15, 0.2) is 5.16 Å². The Morgan fingerprint density at radius 3 is 2.74 bits per heavy atom. The van der Waals surface area contributed by atoms with Crippen LogP contribution in [0.4, 0.5) is 0 Å². The molecule has 19 heavy (non-hydrogen) atoms. The summed E-state index contributed by atoms with van der Waals surface area (Å²) in [6, 6.07) is 7.77. The van der Waals surface area contributed by atoms with Crippen LogP contribution in [0.3, 0.4) is 0 Å². The van der Waals surface area contributed by atoms with Crippen molar-refractivity contribution in [2.75, 3.05) is 12.4 Å². The standard InChI is InChI=1S/C13H17N3O2S/c1-10-3-5-12(6-4-10)18-7-11(17)8-19-13-15-14-9-16(13)2/h3-6,9,11,17H,7-8H2,1-2H3. The lowest BCUT2D eigenvalue weighted by Gasteiger charge is -2.11. The first-order chi connectivity index (χ1) is 9.15. The van der Waals surface area contributed by atoms with E-state index < -0.39 is 6.10 Å². The monoisotopic (exact) mass is 279 g/mol. The molecule has 1 aromatic heterocycles. The SMILES string of the molecule is Cc1ccc(OCC(O)CSc2nncn2C)cc1. The number of hydrogen-bond donors (Lipinski definition) is 1. The van der Waals surface area contributed by atoms with E-state index in [0.717, 1.165) is 10.9 Å². The summed E-state index contributed by atoms with van der Waals surface area (Å²) in [6.45, 7) is 2.30. The highest BCUT2D eigenvalue weighted by Gasteiger charge is 2.09. The van der Waals surface area contributed by atoms with Crippen molar-refractivity contribution in [1.82, 2.24) is 14.8 Å². The number of benzene rings is 1. The average Bonchev–Trinajstić information content (AvgIpc) is 2.81. The third-order valence-corrected chi connectivity index (χ3v) is 3.72. The van der Waals surface area contributed by atoms with Gasteiger partial charge in [0.1, 0.15) is 18.7 Å². The average molecular weight is 279 g/mol. The van der Waals surface area contributed by atoms with Crippen LogP contribution in [0.25, 0.3) is 0 Å². The maximum Gasteiger partial charge on any atom is 0.190 e. The second-order valence-electron chi connectivity index (χ2n) is 4.31. The Kier molecular flexibility index (Phi) is 4.81. The molecule has 2 aromatic rings. The Morgan fingerprint density at radius 1 is 1.37 bits per heavy atom. The number of nitrogens with zero attached hydrogens (tertiary/aromatic N) is 3. The van der Waals surface area contributed by atoms with E-state index in [9.17, 15) is 5.11 Å². The minimum atomic E-state index is -0.539. The molecule has 1 aromatic carbocycles. The van der Waals surface area contributed by atoms with Crippen molar-refractivity contribution in [3.05, 3.63) is 36.2 Å². The van der Waals surface area contributed by atoms with Crippen molar-refractivity contribution in [3.63, 3.8) is 0 Å². The molecule has 6 heteroatoms. The largest absolute Gasteiger partial charge is 0.491 e. The lowest BCUT2D eigenvalue weighted by atomic mass is 10.2. The predicted octanol–water partition coefficient (Wildman–Crippen LogP) is 1.66. The summed E-state index contributed by atoms with van der Waals surface area (Å²) in [5, 5.41) is 18.4. The van der Waals surface area contributed by atoms with Crippen molar-refractivity contribution < 1.29 is 9.84 Å². The van der Waals surface area contributed by atoms with E-state index in [1.165, 1.54) is 17.3 Å². The Morgan fingerprint density at radius 2 is 2.11 bits per heavy atom. The van der Waals surface area contributed by atoms with E-state index in [4.69, 9.17) is 4.74 Å². The van der Waals surface area contributed by atoms with Gasteiger partial charge in [-0.05, 0) is 19.1 Å². The fourth-order valence-electron chi connectivity index (χ4n) is 1.45. The van der Waals surface area contributed by atoms with E-state index in [-0.39, 0.29) is 6.61 Å². The highest BCUT2D eigenvalue weighted by Crippen LogP contribution is 2.16. The fraction of sp³-hybridized carbons (Fsp3) is 0.385. The van der Waals surface area contributed by atoms with Crippen molar-refractivity contribution >= 4 is 11.8 Å². The van der Waals surface area contributed by atoms with Gasteiger partial charge in [0.25, 0.3) is 0 Å². The Labute approximate surface area is 116 Å². The van der Waals surface area contributed by atoms with Gasteiger partial charge in [0.05, 0.1) is 6.10 Å². The smallest absolute Gasteiger partial charge is 0.190 e. The van der Waals surface area contributed by atoms with Gasteiger partial charge in [-0.2, -0.15) is 0 Å². The van der Waals surface area contributed by atoms with Gasteiger partial charge in [0.2, 0.25) is 0 Å². The van der Waals surface area contributed by atoms with Crippen molar-refractivity contribution in [2.24, 2.45) is 7.05 Å². The molecule has 1 heterocycles. The maximum atomic E-state index is 9.85. The predicted molar refractivity (Wildman–Crippen MR) is 74.4 cm³/mol. The molecule has 5 nitrogen and oxygen atoms in total. The first-order valence-electron chi connectivity index (χ1n) is 5.99. The molecule has 0 radical (unpaired) electrons. The zero-order chi connectivity index (χ0) is 13.7. The quantitative estimate of drug-likeness (QED) is 0.815. The van der Waals surface area contributed by atoms with Gasteiger partial charge in [-0.3, -0.25) is 0 Å².